The molecule has 2 aromatic carbocycles. The second-order valence-electron chi connectivity index (χ2n) is 9.82. The maximum Gasteiger partial charge on any atom is 0.401 e. The third-order valence-corrected chi connectivity index (χ3v) is 7.29. The van der Waals surface area contributed by atoms with Crippen LogP contribution in [0.15, 0.2) is 42.6 Å². The van der Waals surface area contributed by atoms with Gasteiger partial charge in [-0.15, -0.1) is 0 Å². The standard InChI is InChI=1S/C26H30F4N4/c1-17-11-22-21(7-8-24-23(22)13-31-32-24)25(34(17)16-26(28,29)30)20-5-3-18(4-6-20)12-19-14-33(15-19)10-2-9-27/h3-8,13,17,19,25H,2,9-12,14-16H2,1H3,(H,31,32)/t17-,25-/m1/s1. The molecule has 3 aromatic rings. The van der Waals surface area contributed by atoms with E-state index in [0.29, 0.717) is 18.8 Å². The highest BCUT2D eigenvalue weighted by molar-refractivity contribution is 5.83. The summed E-state index contributed by atoms with van der Waals surface area (Å²) in [7, 11) is 0. The zero-order chi connectivity index (χ0) is 23.9. The average Bonchev–Trinajstić information content (AvgIpc) is 3.25. The summed E-state index contributed by atoms with van der Waals surface area (Å²) >= 11 is 0. The third kappa shape index (κ3) is 4.70. The van der Waals surface area contributed by atoms with Gasteiger partial charge in [0.25, 0.3) is 0 Å². The van der Waals surface area contributed by atoms with Crippen LogP contribution in [0.5, 0.6) is 0 Å². The molecule has 2 atom stereocenters. The van der Waals surface area contributed by atoms with Crippen molar-refractivity contribution in [3.63, 3.8) is 0 Å². The first-order valence-corrected chi connectivity index (χ1v) is 12.0. The molecule has 0 aliphatic carbocycles. The van der Waals surface area contributed by atoms with Gasteiger partial charge in [0, 0.05) is 31.1 Å². The van der Waals surface area contributed by atoms with Gasteiger partial charge in [0.05, 0.1) is 31.0 Å². The van der Waals surface area contributed by atoms with E-state index < -0.39 is 18.8 Å². The molecule has 1 N–H and O–H groups in total. The molecule has 0 saturated carbocycles. The molecular formula is C26H30F4N4. The van der Waals surface area contributed by atoms with E-state index >= 15 is 0 Å². The fourth-order valence-corrected chi connectivity index (χ4v) is 5.69. The Balaban J connectivity index is 1.40. The van der Waals surface area contributed by atoms with Gasteiger partial charge in [-0.2, -0.15) is 18.3 Å². The molecule has 1 fully saturated rings. The zero-order valence-corrected chi connectivity index (χ0v) is 19.3. The molecule has 8 heteroatoms. The van der Waals surface area contributed by atoms with Crippen LogP contribution in [0.3, 0.4) is 0 Å². The normalized spacial score (nSPS) is 22.1. The van der Waals surface area contributed by atoms with Crippen molar-refractivity contribution in [1.82, 2.24) is 20.0 Å². The third-order valence-electron chi connectivity index (χ3n) is 7.29. The minimum Gasteiger partial charge on any atom is -0.303 e. The van der Waals surface area contributed by atoms with Gasteiger partial charge in [-0.05, 0) is 60.4 Å². The van der Waals surface area contributed by atoms with E-state index in [1.165, 1.54) is 5.56 Å². The predicted octanol–water partition coefficient (Wildman–Crippen LogP) is 5.30. The van der Waals surface area contributed by atoms with Gasteiger partial charge < -0.3 is 4.90 Å². The minimum absolute atomic E-state index is 0.260. The molecule has 3 heterocycles. The predicted molar refractivity (Wildman–Crippen MR) is 125 cm³/mol. The maximum atomic E-state index is 13.6. The summed E-state index contributed by atoms with van der Waals surface area (Å²) < 4.78 is 53.0. The Hall–Kier alpha value is -2.45. The summed E-state index contributed by atoms with van der Waals surface area (Å²) in [6.07, 6.45) is -0.427. The van der Waals surface area contributed by atoms with Gasteiger partial charge in [-0.3, -0.25) is 14.4 Å². The SMILES string of the molecule is C[C@@H]1Cc2c(ccc3[nH]ncc23)[C@@H](c2ccc(CC3CN(CCCF)C3)cc2)N1CC(F)(F)F. The van der Waals surface area contributed by atoms with Crippen molar-refractivity contribution in [3.8, 4) is 0 Å². The fourth-order valence-electron chi connectivity index (χ4n) is 5.69. The number of fused-ring (bicyclic) bond motifs is 3. The van der Waals surface area contributed by atoms with E-state index in [9.17, 15) is 17.6 Å². The lowest BCUT2D eigenvalue weighted by molar-refractivity contribution is -0.155. The highest BCUT2D eigenvalue weighted by Crippen LogP contribution is 2.42. The first kappa shape index (κ1) is 23.3. The molecule has 182 valence electrons. The summed E-state index contributed by atoms with van der Waals surface area (Å²) in [5.41, 5.74) is 4.98. The lowest BCUT2D eigenvalue weighted by Crippen LogP contribution is -2.48. The summed E-state index contributed by atoms with van der Waals surface area (Å²) in [5.74, 6) is 0.553. The molecule has 0 spiro atoms. The number of nitrogens with zero attached hydrogens (tertiary/aromatic N) is 3. The Kier molecular flexibility index (Phi) is 6.37. The van der Waals surface area contributed by atoms with Crippen molar-refractivity contribution >= 4 is 10.9 Å². The monoisotopic (exact) mass is 474 g/mol. The molecule has 0 radical (unpaired) electrons. The number of likely N-dealkylation sites (tertiary alicyclic amines) is 1. The molecule has 1 aromatic heterocycles. The second-order valence-corrected chi connectivity index (χ2v) is 9.82. The quantitative estimate of drug-likeness (QED) is 0.473. The van der Waals surface area contributed by atoms with Crippen molar-refractivity contribution < 1.29 is 17.6 Å². The van der Waals surface area contributed by atoms with E-state index in [2.05, 4.69) is 27.2 Å². The number of aromatic amines is 1. The Labute approximate surface area is 196 Å². The van der Waals surface area contributed by atoms with Gasteiger partial charge in [0.1, 0.15) is 0 Å². The molecule has 2 aliphatic heterocycles. The first-order valence-electron chi connectivity index (χ1n) is 12.0. The van der Waals surface area contributed by atoms with Gasteiger partial charge in [0.2, 0.25) is 0 Å². The number of hydrogen-bond acceptors (Lipinski definition) is 3. The topological polar surface area (TPSA) is 35.2 Å². The van der Waals surface area contributed by atoms with Crippen molar-refractivity contribution in [2.75, 3.05) is 32.9 Å². The zero-order valence-electron chi connectivity index (χ0n) is 19.3. The van der Waals surface area contributed by atoms with Crippen molar-refractivity contribution in [2.24, 2.45) is 5.92 Å². The van der Waals surface area contributed by atoms with Crippen molar-refractivity contribution in [3.05, 3.63) is 64.8 Å². The molecule has 34 heavy (non-hydrogen) atoms. The van der Waals surface area contributed by atoms with Crippen LogP contribution in [0.1, 0.15) is 41.6 Å². The molecular weight excluding hydrogens is 444 g/mol. The number of nitrogens with one attached hydrogen (secondary N) is 1. The first-order chi connectivity index (χ1) is 16.3. The van der Waals surface area contributed by atoms with Crippen LogP contribution >= 0.6 is 0 Å². The van der Waals surface area contributed by atoms with Gasteiger partial charge >= 0.3 is 6.18 Å². The molecule has 0 unspecified atom stereocenters. The van der Waals surface area contributed by atoms with Crippen LogP contribution in [0.25, 0.3) is 10.9 Å². The Morgan fingerprint density at radius 3 is 2.56 bits per heavy atom. The molecule has 5 rings (SSSR count). The van der Waals surface area contributed by atoms with Crippen LogP contribution in [-0.4, -0.2) is 65.1 Å². The van der Waals surface area contributed by atoms with E-state index in [1.807, 2.05) is 31.2 Å². The minimum atomic E-state index is -4.28. The van der Waals surface area contributed by atoms with E-state index in [1.54, 1.807) is 11.1 Å². The van der Waals surface area contributed by atoms with E-state index in [0.717, 1.165) is 53.6 Å². The van der Waals surface area contributed by atoms with Crippen LogP contribution in [0.2, 0.25) is 0 Å². The molecule has 1 saturated heterocycles. The number of aromatic nitrogens is 2. The fraction of sp³-hybridized carbons (Fsp3) is 0.500. The van der Waals surface area contributed by atoms with Crippen molar-refractivity contribution in [2.45, 2.75) is 44.4 Å². The largest absolute Gasteiger partial charge is 0.401 e. The number of alkyl halides is 4. The molecule has 0 amide bonds. The smallest absolute Gasteiger partial charge is 0.303 e. The van der Waals surface area contributed by atoms with Gasteiger partial charge in [0.15, 0.2) is 0 Å². The number of H-pyrrole nitrogens is 1. The van der Waals surface area contributed by atoms with Crippen LogP contribution in [0, 0.1) is 5.92 Å². The number of benzene rings is 2. The van der Waals surface area contributed by atoms with Crippen LogP contribution in [-0.2, 0) is 12.8 Å². The van der Waals surface area contributed by atoms with Crippen LogP contribution < -0.4 is 0 Å². The number of halogens is 4. The Morgan fingerprint density at radius 2 is 1.85 bits per heavy atom. The summed E-state index contributed by atoms with van der Waals surface area (Å²) in [6, 6.07) is 11.2. The Morgan fingerprint density at radius 1 is 1.09 bits per heavy atom. The lowest BCUT2D eigenvalue weighted by Gasteiger charge is -2.43. The number of rotatable bonds is 7. The second kappa shape index (κ2) is 9.30. The lowest BCUT2D eigenvalue weighted by atomic mass is 9.83. The number of hydrogen-bond donors (Lipinski definition) is 1. The summed E-state index contributed by atoms with van der Waals surface area (Å²) in [5, 5.41) is 8.10. The summed E-state index contributed by atoms with van der Waals surface area (Å²) in [4.78, 5) is 3.85. The average molecular weight is 475 g/mol. The highest BCUT2D eigenvalue weighted by Gasteiger charge is 2.41. The molecule has 4 nitrogen and oxygen atoms in total. The van der Waals surface area contributed by atoms with E-state index in [4.69, 9.17) is 0 Å². The molecule has 2 aliphatic rings. The van der Waals surface area contributed by atoms with Gasteiger partial charge in [-0.1, -0.05) is 30.3 Å². The van der Waals surface area contributed by atoms with E-state index in [-0.39, 0.29) is 12.7 Å². The maximum absolute atomic E-state index is 13.6. The Bertz CT molecular complexity index is 1120. The van der Waals surface area contributed by atoms with Crippen LogP contribution in [0.4, 0.5) is 17.6 Å². The van der Waals surface area contributed by atoms with Crippen molar-refractivity contribution in [1.29, 1.82) is 0 Å². The summed E-state index contributed by atoms with van der Waals surface area (Å²) in [6.45, 7) is 3.43. The molecule has 0 bridgehead atoms. The van der Waals surface area contributed by atoms with Gasteiger partial charge in [-0.25, -0.2) is 0 Å². The highest BCUT2D eigenvalue weighted by atomic mass is 19.4.